The molecule has 0 aliphatic heterocycles. The summed E-state index contributed by atoms with van der Waals surface area (Å²) in [7, 11) is 0. The summed E-state index contributed by atoms with van der Waals surface area (Å²) in [6, 6.07) is 8.44. The lowest BCUT2D eigenvalue weighted by atomic mass is 9.99. The first kappa shape index (κ1) is 17.6. The second-order valence-electron chi connectivity index (χ2n) is 6.44. The molecule has 2 aliphatic carbocycles. The fourth-order valence-corrected chi connectivity index (χ4v) is 3.38. The SMILES string of the molecule is Cl.N[C@@H]1CCC[C@H]1CC(=O)N(Cc1ccc(Cl)cc1)C1CC1. The zero-order valence-electron chi connectivity index (χ0n) is 12.7. The van der Waals surface area contributed by atoms with Gasteiger partial charge in [0.2, 0.25) is 5.91 Å². The van der Waals surface area contributed by atoms with E-state index >= 15 is 0 Å². The summed E-state index contributed by atoms with van der Waals surface area (Å²) in [5, 5.41) is 0.736. The molecule has 1 aromatic rings. The van der Waals surface area contributed by atoms with E-state index in [1.54, 1.807) is 0 Å². The highest BCUT2D eigenvalue weighted by Gasteiger charge is 2.35. The average molecular weight is 343 g/mol. The van der Waals surface area contributed by atoms with Crippen LogP contribution in [-0.4, -0.2) is 22.9 Å². The van der Waals surface area contributed by atoms with Crippen LogP contribution in [0.1, 0.15) is 44.1 Å². The average Bonchev–Trinajstić information content (AvgIpc) is 3.23. The number of hydrogen-bond donors (Lipinski definition) is 1. The van der Waals surface area contributed by atoms with Gasteiger partial charge in [0, 0.05) is 30.1 Å². The number of nitrogens with zero attached hydrogens (tertiary/aromatic N) is 1. The molecule has 0 spiro atoms. The summed E-state index contributed by atoms with van der Waals surface area (Å²) >= 11 is 5.92. The lowest BCUT2D eigenvalue weighted by Gasteiger charge is -2.25. The van der Waals surface area contributed by atoms with Gasteiger partial charge in [-0.15, -0.1) is 12.4 Å². The Bertz CT molecular complexity index is 502. The van der Waals surface area contributed by atoms with E-state index in [0.29, 0.717) is 24.9 Å². The third kappa shape index (κ3) is 4.37. The van der Waals surface area contributed by atoms with Crippen molar-refractivity contribution in [3.05, 3.63) is 34.9 Å². The molecular weight excluding hydrogens is 319 g/mol. The molecule has 0 radical (unpaired) electrons. The van der Waals surface area contributed by atoms with Crippen LogP contribution in [0, 0.1) is 5.92 Å². The van der Waals surface area contributed by atoms with Gasteiger partial charge in [0.05, 0.1) is 0 Å². The highest BCUT2D eigenvalue weighted by molar-refractivity contribution is 6.30. The Labute approximate surface area is 143 Å². The van der Waals surface area contributed by atoms with Crippen molar-refractivity contribution < 1.29 is 4.79 Å². The van der Waals surface area contributed by atoms with Gasteiger partial charge in [0.25, 0.3) is 0 Å². The minimum Gasteiger partial charge on any atom is -0.335 e. The maximum absolute atomic E-state index is 12.6. The van der Waals surface area contributed by atoms with Crippen molar-refractivity contribution in [3.63, 3.8) is 0 Å². The fraction of sp³-hybridized carbons (Fsp3) is 0.588. The van der Waals surface area contributed by atoms with Gasteiger partial charge in [0.15, 0.2) is 0 Å². The minimum atomic E-state index is 0. The summed E-state index contributed by atoms with van der Waals surface area (Å²) in [4.78, 5) is 14.7. The standard InChI is InChI=1S/C17H23ClN2O.ClH/c18-14-6-4-12(5-7-14)11-20(15-8-9-15)17(21)10-13-2-1-3-16(13)19;/h4-7,13,15-16H,1-3,8-11,19H2;1H/t13-,16+;/m0./s1. The summed E-state index contributed by atoms with van der Waals surface area (Å²) in [5.74, 6) is 0.652. The van der Waals surface area contributed by atoms with Crippen molar-refractivity contribution in [1.82, 2.24) is 4.90 Å². The largest absolute Gasteiger partial charge is 0.335 e. The third-order valence-electron chi connectivity index (χ3n) is 4.73. The summed E-state index contributed by atoms with van der Waals surface area (Å²) in [6.45, 7) is 0.697. The number of rotatable bonds is 5. The van der Waals surface area contributed by atoms with Gasteiger partial charge in [-0.3, -0.25) is 4.79 Å². The van der Waals surface area contributed by atoms with Gasteiger partial charge in [0.1, 0.15) is 0 Å². The van der Waals surface area contributed by atoms with E-state index in [1.165, 1.54) is 6.42 Å². The molecule has 122 valence electrons. The minimum absolute atomic E-state index is 0. The first-order valence-electron chi connectivity index (χ1n) is 7.93. The van der Waals surface area contributed by atoms with E-state index < -0.39 is 0 Å². The number of carbonyl (C=O) groups excluding carboxylic acids is 1. The maximum Gasteiger partial charge on any atom is 0.223 e. The molecule has 0 unspecified atom stereocenters. The molecule has 0 aromatic heterocycles. The van der Waals surface area contributed by atoms with Crippen LogP contribution < -0.4 is 5.73 Å². The Morgan fingerprint density at radius 2 is 1.86 bits per heavy atom. The molecule has 5 heteroatoms. The molecule has 2 fully saturated rings. The Morgan fingerprint density at radius 1 is 1.18 bits per heavy atom. The topological polar surface area (TPSA) is 46.3 Å². The smallest absolute Gasteiger partial charge is 0.223 e. The molecular formula is C17H24Cl2N2O. The van der Waals surface area contributed by atoms with Crippen molar-refractivity contribution in [2.24, 2.45) is 11.7 Å². The Balaban J connectivity index is 0.00000176. The monoisotopic (exact) mass is 342 g/mol. The van der Waals surface area contributed by atoms with Crippen molar-refractivity contribution in [2.45, 2.75) is 57.2 Å². The second-order valence-corrected chi connectivity index (χ2v) is 6.87. The van der Waals surface area contributed by atoms with E-state index in [1.807, 2.05) is 29.2 Å². The number of amides is 1. The molecule has 2 N–H and O–H groups in total. The van der Waals surface area contributed by atoms with Gasteiger partial charge in [-0.25, -0.2) is 0 Å². The van der Waals surface area contributed by atoms with Gasteiger partial charge < -0.3 is 10.6 Å². The van der Waals surface area contributed by atoms with Crippen LogP contribution in [0.25, 0.3) is 0 Å². The van der Waals surface area contributed by atoms with Gasteiger partial charge in [-0.2, -0.15) is 0 Å². The summed E-state index contributed by atoms with van der Waals surface area (Å²) < 4.78 is 0. The predicted octanol–water partition coefficient (Wildman–Crippen LogP) is 3.77. The number of carbonyl (C=O) groups is 1. The number of nitrogens with two attached hydrogens (primary N) is 1. The molecule has 3 nitrogen and oxygen atoms in total. The number of halogens is 2. The van der Waals surface area contributed by atoms with Crippen LogP contribution in [-0.2, 0) is 11.3 Å². The predicted molar refractivity (Wildman–Crippen MR) is 92.2 cm³/mol. The van der Waals surface area contributed by atoms with E-state index in [9.17, 15) is 4.79 Å². The van der Waals surface area contributed by atoms with E-state index in [2.05, 4.69) is 0 Å². The fourth-order valence-electron chi connectivity index (χ4n) is 3.25. The molecule has 2 atom stereocenters. The van der Waals surface area contributed by atoms with Crippen LogP contribution in [0.5, 0.6) is 0 Å². The normalized spacial score (nSPS) is 23.9. The second kappa shape index (κ2) is 7.67. The lowest BCUT2D eigenvalue weighted by molar-refractivity contribution is -0.133. The van der Waals surface area contributed by atoms with Crippen molar-refractivity contribution in [3.8, 4) is 0 Å². The Kier molecular flexibility index (Phi) is 6.13. The van der Waals surface area contributed by atoms with Crippen molar-refractivity contribution >= 4 is 29.9 Å². The molecule has 0 bridgehead atoms. The molecule has 0 saturated heterocycles. The quantitative estimate of drug-likeness (QED) is 0.885. The highest BCUT2D eigenvalue weighted by Crippen LogP contribution is 2.32. The first-order valence-corrected chi connectivity index (χ1v) is 8.31. The van der Waals surface area contributed by atoms with Crippen LogP contribution >= 0.6 is 24.0 Å². The molecule has 2 saturated carbocycles. The van der Waals surface area contributed by atoms with E-state index in [0.717, 1.165) is 36.3 Å². The summed E-state index contributed by atoms with van der Waals surface area (Å²) in [5.41, 5.74) is 7.25. The molecule has 22 heavy (non-hydrogen) atoms. The van der Waals surface area contributed by atoms with Crippen LogP contribution in [0.15, 0.2) is 24.3 Å². The van der Waals surface area contributed by atoms with Gasteiger partial charge >= 0.3 is 0 Å². The molecule has 1 aromatic carbocycles. The number of benzene rings is 1. The third-order valence-corrected chi connectivity index (χ3v) is 4.98. The molecule has 3 rings (SSSR count). The molecule has 1 amide bonds. The zero-order chi connectivity index (χ0) is 14.8. The zero-order valence-corrected chi connectivity index (χ0v) is 14.3. The van der Waals surface area contributed by atoms with Crippen LogP contribution in [0.2, 0.25) is 5.02 Å². The Hall–Kier alpha value is -0.770. The molecule has 0 heterocycles. The van der Waals surface area contributed by atoms with Gasteiger partial charge in [-0.1, -0.05) is 30.2 Å². The molecule has 2 aliphatic rings. The first-order chi connectivity index (χ1) is 10.1. The van der Waals surface area contributed by atoms with Crippen LogP contribution in [0.4, 0.5) is 0 Å². The Morgan fingerprint density at radius 3 is 2.41 bits per heavy atom. The van der Waals surface area contributed by atoms with E-state index in [-0.39, 0.29) is 24.4 Å². The maximum atomic E-state index is 12.6. The number of hydrogen-bond acceptors (Lipinski definition) is 2. The van der Waals surface area contributed by atoms with Crippen molar-refractivity contribution in [1.29, 1.82) is 0 Å². The van der Waals surface area contributed by atoms with Gasteiger partial charge in [-0.05, 0) is 49.3 Å². The summed E-state index contributed by atoms with van der Waals surface area (Å²) in [6.07, 6.45) is 6.22. The van der Waals surface area contributed by atoms with Crippen molar-refractivity contribution in [2.75, 3.05) is 0 Å². The van der Waals surface area contributed by atoms with Crippen LogP contribution in [0.3, 0.4) is 0 Å². The highest BCUT2D eigenvalue weighted by atomic mass is 35.5. The lowest BCUT2D eigenvalue weighted by Crippen LogP contribution is -2.36. The van der Waals surface area contributed by atoms with E-state index in [4.69, 9.17) is 17.3 Å².